The normalized spacial score (nSPS) is 22.4. The average Bonchev–Trinajstić information content (AvgIpc) is 3.04. The van der Waals surface area contributed by atoms with Gasteiger partial charge in [-0.2, -0.15) is 0 Å². The number of fused-ring (bicyclic) bond motifs is 2. The molecule has 1 fully saturated rings. The van der Waals surface area contributed by atoms with Gasteiger partial charge < -0.3 is 9.64 Å². The van der Waals surface area contributed by atoms with Crippen molar-refractivity contribution < 1.29 is 9.53 Å². The third-order valence-corrected chi connectivity index (χ3v) is 5.79. The van der Waals surface area contributed by atoms with Gasteiger partial charge in [0.1, 0.15) is 11.9 Å². The molecule has 5 nitrogen and oxygen atoms in total. The molecular weight excluding hydrogens is 350 g/mol. The Morgan fingerprint density at radius 1 is 1.18 bits per heavy atom. The summed E-state index contributed by atoms with van der Waals surface area (Å²) in [5, 5.41) is 0. The van der Waals surface area contributed by atoms with E-state index in [1.807, 2.05) is 48.5 Å². The molecule has 1 aromatic heterocycles. The number of nitrogens with zero attached hydrogens (tertiary/aromatic N) is 3. The van der Waals surface area contributed by atoms with E-state index in [4.69, 9.17) is 4.74 Å². The Hall–Kier alpha value is -2.40. The van der Waals surface area contributed by atoms with E-state index in [0.29, 0.717) is 16.7 Å². The minimum absolute atomic E-state index is 0.000633. The van der Waals surface area contributed by atoms with Gasteiger partial charge in [-0.15, -0.1) is 0 Å². The van der Waals surface area contributed by atoms with Crippen molar-refractivity contribution in [3.05, 3.63) is 48.3 Å². The predicted octanol–water partition coefficient (Wildman–Crippen LogP) is 3.70. The van der Waals surface area contributed by atoms with Crippen LogP contribution in [0.25, 0.3) is 11.1 Å². The van der Waals surface area contributed by atoms with E-state index in [1.165, 1.54) is 0 Å². The fourth-order valence-corrected chi connectivity index (χ4v) is 4.01. The third kappa shape index (κ3) is 3.76. The van der Waals surface area contributed by atoms with E-state index in [9.17, 15) is 4.79 Å². The van der Waals surface area contributed by atoms with Crippen LogP contribution < -0.4 is 4.74 Å². The molecule has 148 valence electrons. The molecule has 1 amide bonds. The predicted molar refractivity (Wildman–Crippen MR) is 110 cm³/mol. The standard InChI is InChI=1S/C23H29N3O2/c1-23(2,3)9-11-26-14-19-21(15-26)28-20-12-16(17-6-5-10-24-13-17)7-8-18(20)22(27)25(19)4/h5-8,10,12-13,19,21H,9,11,14-15H2,1-4H3. The minimum atomic E-state index is -0.000633. The van der Waals surface area contributed by atoms with Gasteiger partial charge in [0.15, 0.2) is 0 Å². The van der Waals surface area contributed by atoms with Crippen molar-refractivity contribution in [3.8, 4) is 16.9 Å². The van der Waals surface area contributed by atoms with Crippen LogP contribution in [-0.4, -0.2) is 59.5 Å². The fourth-order valence-electron chi connectivity index (χ4n) is 4.01. The van der Waals surface area contributed by atoms with Crippen LogP contribution in [0, 0.1) is 5.41 Å². The molecule has 28 heavy (non-hydrogen) atoms. The van der Waals surface area contributed by atoms with Gasteiger partial charge in [0.2, 0.25) is 0 Å². The van der Waals surface area contributed by atoms with Gasteiger partial charge in [-0.25, -0.2) is 0 Å². The highest BCUT2D eigenvalue weighted by Crippen LogP contribution is 2.34. The zero-order valence-electron chi connectivity index (χ0n) is 17.2. The van der Waals surface area contributed by atoms with E-state index in [1.54, 1.807) is 6.20 Å². The largest absolute Gasteiger partial charge is 0.486 e. The number of ether oxygens (including phenoxy) is 1. The van der Waals surface area contributed by atoms with Gasteiger partial charge in [0.25, 0.3) is 5.91 Å². The van der Waals surface area contributed by atoms with Crippen LogP contribution >= 0.6 is 0 Å². The third-order valence-electron chi connectivity index (χ3n) is 5.79. The van der Waals surface area contributed by atoms with Gasteiger partial charge in [-0.1, -0.05) is 32.9 Å². The van der Waals surface area contributed by atoms with Crippen LogP contribution in [0.2, 0.25) is 0 Å². The summed E-state index contributed by atoms with van der Waals surface area (Å²) in [4.78, 5) is 21.6. The van der Waals surface area contributed by atoms with Crippen LogP contribution in [0.5, 0.6) is 5.75 Å². The molecule has 1 aromatic carbocycles. The summed E-state index contributed by atoms with van der Waals surface area (Å²) in [6, 6.07) is 9.86. The maximum Gasteiger partial charge on any atom is 0.257 e. The molecule has 0 radical (unpaired) electrons. The van der Waals surface area contributed by atoms with Crippen molar-refractivity contribution in [2.24, 2.45) is 5.41 Å². The van der Waals surface area contributed by atoms with Crippen LogP contribution in [0.1, 0.15) is 37.6 Å². The topological polar surface area (TPSA) is 45.7 Å². The van der Waals surface area contributed by atoms with Crippen molar-refractivity contribution in [2.45, 2.75) is 39.3 Å². The molecule has 2 aromatic rings. The number of likely N-dealkylation sites (N-methyl/N-ethyl adjacent to an activating group) is 1. The second-order valence-electron chi connectivity index (χ2n) is 9.16. The summed E-state index contributed by atoms with van der Waals surface area (Å²) in [6.45, 7) is 9.56. The number of hydrogen-bond acceptors (Lipinski definition) is 4. The van der Waals surface area contributed by atoms with Gasteiger partial charge in [-0.05, 0) is 42.1 Å². The van der Waals surface area contributed by atoms with Crippen molar-refractivity contribution in [1.82, 2.24) is 14.8 Å². The van der Waals surface area contributed by atoms with Gasteiger partial charge >= 0.3 is 0 Å². The van der Waals surface area contributed by atoms with Crippen molar-refractivity contribution >= 4 is 5.91 Å². The molecule has 2 aliphatic rings. The molecule has 3 heterocycles. The van der Waals surface area contributed by atoms with Crippen LogP contribution in [0.3, 0.4) is 0 Å². The first-order valence-corrected chi connectivity index (χ1v) is 10.0. The average molecular weight is 380 g/mol. The van der Waals surface area contributed by atoms with Gasteiger partial charge in [-0.3, -0.25) is 14.7 Å². The first-order chi connectivity index (χ1) is 13.3. The molecule has 2 unspecified atom stereocenters. The molecule has 0 saturated carbocycles. The summed E-state index contributed by atoms with van der Waals surface area (Å²) in [7, 11) is 1.90. The number of pyridine rings is 1. The zero-order chi connectivity index (χ0) is 19.9. The Kier molecular flexibility index (Phi) is 4.88. The van der Waals surface area contributed by atoms with Crippen molar-refractivity contribution in [1.29, 1.82) is 0 Å². The highest BCUT2D eigenvalue weighted by molar-refractivity contribution is 5.98. The molecule has 0 spiro atoms. The first kappa shape index (κ1) is 18.9. The molecule has 2 atom stereocenters. The van der Waals surface area contributed by atoms with E-state index in [2.05, 4.69) is 30.7 Å². The van der Waals surface area contributed by atoms with E-state index < -0.39 is 0 Å². The highest BCUT2D eigenvalue weighted by atomic mass is 16.5. The Bertz CT molecular complexity index is 860. The number of carbonyl (C=O) groups is 1. The first-order valence-electron chi connectivity index (χ1n) is 10.0. The van der Waals surface area contributed by atoms with E-state index in [0.717, 1.165) is 37.2 Å². The van der Waals surface area contributed by atoms with Crippen LogP contribution in [-0.2, 0) is 0 Å². The maximum absolute atomic E-state index is 13.1. The van der Waals surface area contributed by atoms with Crippen molar-refractivity contribution in [3.63, 3.8) is 0 Å². The summed E-state index contributed by atoms with van der Waals surface area (Å²) in [5.74, 6) is 0.723. The molecule has 1 saturated heterocycles. The lowest BCUT2D eigenvalue weighted by atomic mass is 9.92. The molecule has 0 bridgehead atoms. The fraction of sp³-hybridized carbons (Fsp3) is 0.478. The monoisotopic (exact) mass is 379 g/mol. The molecule has 4 rings (SSSR count). The number of carbonyl (C=O) groups excluding carboxylic acids is 1. The Balaban J connectivity index is 1.59. The number of amides is 1. The van der Waals surface area contributed by atoms with Gasteiger partial charge in [0, 0.05) is 38.1 Å². The summed E-state index contributed by atoms with van der Waals surface area (Å²) < 4.78 is 6.42. The van der Waals surface area contributed by atoms with Crippen molar-refractivity contribution in [2.75, 3.05) is 26.7 Å². The van der Waals surface area contributed by atoms with Gasteiger partial charge in [0.05, 0.1) is 11.6 Å². The summed E-state index contributed by atoms with van der Waals surface area (Å²) in [6.07, 6.45) is 4.72. The lowest BCUT2D eigenvalue weighted by Crippen LogP contribution is -2.44. The molecular formula is C23H29N3O2. The quantitative estimate of drug-likeness (QED) is 0.816. The second-order valence-corrected chi connectivity index (χ2v) is 9.16. The molecule has 2 aliphatic heterocycles. The lowest BCUT2D eigenvalue weighted by Gasteiger charge is -2.26. The second kappa shape index (κ2) is 7.21. The number of rotatable bonds is 3. The van der Waals surface area contributed by atoms with E-state index >= 15 is 0 Å². The summed E-state index contributed by atoms with van der Waals surface area (Å²) in [5.41, 5.74) is 2.99. The van der Waals surface area contributed by atoms with Crippen LogP contribution in [0.4, 0.5) is 0 Å². The highest BCUT2D eigenvalue weighted by Gasteiger charge is 2.42. The SMILES string of the molecule is CN1C(=O)c2ccc(-c3cccnc3)cc2OC2CN(CCC(C)(C)C)CC21. The number of hydrogen-bond donors (Lipinski definition) is 0. The lowest BCUT2D eigenvalue weighted by molar-refractivity contribution is 0.0682. The zero-order valence-corrected chi connectivity index (χ0v) is 17.2. The van der Waals surface area contributed by atoms with Crippen LogP contribution in [0.15, 0.2) is 42.7 Å². The number of aromatic nitrogens is 1. The minimum Gasteiger partial charge on any atom is -0.486 e. The Labute approximate surface area is 167 Å². The maximum atomic E-state index is 13.1. The smallest absolute Gasteiger partial charge is 0.257 e. The number of benzene rings is 1. The summed E-state index contributed by atoms with van der Waals surface area (Å²) >= 11 is 0. The Morgan fingerprint density at radius 3 is 2.71 bits per heavy atom. The Morgan fingerprint density at radius 2 is 2.00 bits per heavy atom. The molecule has 0 N–H and O–H groups in total. The number of likely N-dealkylation sites (tertiary alicyclic amines) is 1. The molecule has 0 aliphatic carbocycles. The molecule has 5 heteroatoms. The van der Waals surface area contributed by atoms with E-state index in [-0.39, 0.29) is 18.1 Å².